The van der Waals surface area contributed by atoms with Crippen molar-refractivity contribution in [3.63, 3.8) is 0 Å². The molecule has 0 aromatic carbocycles. The minimum absolute atomic E-state index is 0.0470. The van der Waals surface area contributed by atoms with E-state index in [4.69, 9.17) is 4.98 Å². The van der Waals surface area contributed by atoms with Crippen molar-refractivity contribution in [3.8, 4) is 6.07 Å². The summed E-state index contributed by atoms with van der Waals surface area (Å²) in [4.78, 5) is 27.5. The van der Waals surface area contributed by atoms with Gasteiger partial charge in [-0.1, -0.05) is 18.7 Å². The first-order valence-corrected chi connectivity index (χ1v) is 11.6. The molecule has 1 N–H and O–H groups in total. The van der Waals surface area contributed by atoms with Crippen molar-refractivity contribution in [3.05, 3.63) is 49.0 Å². The molecular formula is C22H24N4OS2. The zero-order chi connectivity index (χ0) is 20.9. The van der Waals surface area contributed by atoms with Crippen molar-refractivity contribution in [2.45, 2.75) is 64.2 Å². The fourth-order valence-corrected chi connectivity index (χ4v) is 6.36. The van der Waals surface area contributed by atoms with Crippen molar-refractivity contribution in [1.82, 2.24) is 15.0 Å². The van der Waals surface area contributed by atoms with Crippen LogP contribution in [0.1, 0.15) is 64.2 Å². The van der Waals surface area contributed by atoms with Crippen LogP contribution < -0.4 is 5.56 Å². The van der Waals surface area contributed by atoms with Crippen LogP contribution in [0.15, 0.2) is 9.82 Å². The summed E-state index contributed by atoms with van der Waals surface area (Å²) in [6, 6.07) is 2.29. The number of aryl methyl sites for hydroxylation is 2. The number of rotatable bonds is 3. The minimum Gasteiger partial charge on any atom is -0.309 e. The van der Waals surface area contributed by atoms with Gasteiger partial charge in [0.05, 0.1) is 16.2 Å². The number of aromatic nitrogens is 3. The second kappa shape index (κ2) is 7.58. The van der Waals surface area contributed by atoms with Gasteiger partial charge in [0.25, 0.3) is 5.56 Å². The summed E-state index contributed by atoms with van der Waals surface area (Å²) < 4.78 is 0. The monoisotopic (exact) mass is 424 g/mol. The van der Waals surface area contributed by atoms with Gasteiger partial charge in [-0.2, -0.15) is 5.26 Å². The van der Waals surface area contributed by atoms with Crippen LogP contribution in [-0.4, -0.2) is 15.0 Å². The molecule has 3 heterocycles. The van der Waals surface area contributed by atoms with Gasteiger partial charge in [-0.05, 0) is 69.6 Å². The van der Waals surface area contributed by atoms with Crippen LogP contribution in [0.3, 0.4) is 0 Å². The Labute approximate surface area is 178 Å². The molecule has 0 radical (unpaired) electrons. The maximum atomic E-state index is 12.9. The van der Waals surface area contributed by atoms with Crippen LogP contribution in [0.5, 0.6) is 0 Å². The lowest BCUT2D eigenvalue weighted by Crippen LogP contribution is -2.15. The van der Waals surface area contributed by atoms with Gasteiger partial charge in [-0.15, -0.1) is 11.3 Å². The van der Waals surface area contributed by atoms with Gasteiger partial charge < -0.3 is 4.98 Å². The number of hydrogen-bond acceptors (Lipinski definition) is 6. The molecule has 3 aromatic heterocycles. The lowest BCUT2D eigenvalue weighted by Gasteiger charge is -2.17. The van der Waals surface area contributed by atoms with Crippen molar-refractivity contribution >= 4 is 33.3 Å². The van der Waals surface area contributed by atoms with Crippen LogP contribution in [0, 0.1) is 38.0 Å². The summed E-state index contributed by atoms with van der Waals surface area (Å²) in [6.45, 7) is 10.2. The Bertz CT molecular complexity index is 1220. The highest BCUT2D eigenvalue weighted by atomic mass is 32.2. The molecular weight excluding hydrogens is 400 g/mol. The Kier molecular flexibility index (Phi) is 5.26. The topological polar surface area (TPSA) is 82.4 Å². The molecule has 0 saturated carbocycles. The van der Waals surface area contributed by atoms with E-state index in [9.17, 15) is 10.1 Å². The summed E-state index contributed by atoms with van der Waals surface area (Å²) in [5.41, 5.74) is 4.69. The second-order valence-corrected chi connectivity index (χ2v) is 10.4. The molecule has 0 unspecified atom stereocenters. The molecule has 5 nitrogen and oxygen atoms in total. The van der Waals surface area contributed by atoms with Gasteiger partial charge in [0.1, 0.15) is 21.7 Å². The molecule has 29 heavy (non-hydrogen) atoms. The first-order chi connectivity index (χ1) is 13.8. The number of pyridine rings is 1. The smallest absolute Gasteiger partial charge is 0.259 e. The van der Waals surface area contributed by atoms with E-state index in [0.717, 1.165) is 46.3 Å². The van der Waals surface area contributed by atoms with Crippen LogP contribution in [0.2, 0.25) is 0 Å². The van der Waals surface area contributed by atoms with Crippen LogP contribution in [0.25, 0.3) is 10.2 Å². The molecule has 3 aromatic rings. The van der Waals surface area contributed by atoms with E-state index in [1.54, 1.807) is 11.3 Å². The summed E-state index contributed by atoms with van der Waals surface area (Å²) in [6.07, 6.45) is 3.12. The van der Waals surface area contributed by atoms with Gasteiger partial charge in [0.2, 0.25) is 0 Å². The number of H-pyrrole nitrogens is 1. The number of nitrogens with zero attached hydrogens (tertiary/aromatic N) is 3. The average Bonchev–Trinajstić information content (AvgIpc) is 3.04. The van der Waals surface area contributed by atoms with Crippen molar-refractivity contribution in [1.29, 1.82) is 5.26 Å². The predicted octanol–water partition coefficient (Wildman–Crippen LogP) is 5.15. The van der Waals surface area contributed by atoms with Gasteiger partial charge in [0.15, 0.2) is 0 Å². The number of fused-ring (bicyclic) bond motifs is 3. The quantitative estimate of drug-likeness (QED) is 0.588. The van der Waals surface area contributed by atoms with E-state index < -0.39 is 0 Å². The minimum atomic E-state index is -0.119. The predicted molar refractivity (Wildman–Crippen MR) is 119 cm³/mol. The maximum Gasteiger partial charge on any atom is 0.259 e. The summed E-state index contributed by atoms with van der Waals surface area (Å²) in [7, 11) is 0. The molecule has 2 atom stereocenters. The molecule has 1 aliphatic carbocycles. The fourth-order valence-electron chi connectivity index (χ4n) is 3.91. The molecule has 4 rings (SSSR count). The Morgan fingerprint density at radius 2 is 2.03 bits per heavy atom. The van der Waals surface area contributed by atoms with Crippen LogP contribution in [0.4, 0.5) is 0 Å². The molecule has 7 heteroatoms. The van der Waals surface area contributed by atoms with Gasteiger partial charge >= 0.3 is 0 Å². The number of thioether (sulfide) groups is 1. The van der Waals surface area contributed by atoms with Crippen molar-refractivity contribution < 1.29 is 0 Å². The Balaban J connectivity index is 1.73. The first kappa shape index (κ1) is 20.1. The van der Waals surface area contributed by atoms with Crippen LogP contribution >= 0.6 is 23.1 Å². The molecule has 1 aliphatic rings. The van der Waals surface area contributed by atoms with E-state index in [-0.39, 0.29) is 10.8 Å². The Hall–Kier alpha value is -2.17. The van der Waals surface area contributed by atoms with Crippen LogP contribution in [-0.2, 0) is 12.8 Å². The van der Waals surface area contributed by atoms with E-state index >= 15 is 0 Å². The third-order valence-corrected chi connectivity index (χ3v) is 8.18. The number of aromatic amines is 1. The lowest BCUT2D eigenvalue weighted by atomic mass is 9.89. The molecule has 0 aliphatic heterocycles. The Morgan fingerprint density at radius 3 is 2.76 bits per heavy atom. The number of nitriles is 1. The zero-order valence-electron chi connectivity index (χ0n) is 17.3. The van der Waals surface area contributed by atoms with Gasteiger partial charge in [-0.25, -0.2) is 9.97 Å². The van der Waals surface area contributed by atoms with Gasteiger partial charge in [-0.3, -0.25) is 4.79 Å². The average molecular weight is 425 g/mol. The maximum absolute atomic E-state index is 12.9. The normalized spacial score (nSPS) is 17.2. The summed E-state index contributed by atoms with van der Waals surface area (Å²) >= 11 is 3.14. The third kappa shape index (κ3) is 3.49. The molecule has 150 valence electrons. The summed E-state index contributed by atoms with van der Waals surface area (Å²) in [5.74, 6) is 1.30. The first-order valence-electron chi connectivity index (χ1n) is 9.89. The highest BCUT2D eigenvalue weighted by Gasteiger charge is 2.24. The molecule has 0 fully saturated rings. The lowest BCUT2D eigenvalue weighted by molar-refractivity contribution is 0.509. The molecule has 0 bridgehead atoms. The van der Waals surface area contributed by atoms with Crippen molar-refractivity contribution in [2.24, 2.45) is 5.92 Å². The number of thiophene rings is 1. The molecule has 0 spiro atoms. The summed E-state index contributed by atoms with van der Waals surface area (Å²) in [5, 5.41) is 11.0. The zero-order valence-corrected chi connectivity index (χ0v) is 19.0. The molecule has 0 amide bonds. The highest BCUT2D eigenvalue weighted by Crippen LogP contribution is 2.38. The number of hydrogen-bond donors (Lipinski definition) is 1. The SMILES string of the molecule is Cc1nc(S[C@@H](C)c2nc3sc4c(c3c(=O)[nH]2)CC[C@@H](C)C4)c(C#N)c(C)c1C. The third-order valence-electron chi connectivity index (χ3n) is 5.93. The second-order valence-electron chi connectivity index (χ2n) is 7.98. The Morgan fingerprint density at radius 1 is 1.28 bits per heavy atom. The van der Waals surface area contributed by atoms with Crippen molar-refractivity contribution in [2.75, 3.05) is 0 Å². The van der Waals surface area contributed by atoms with E-state index in [2.05, 4.69) is 23.0 Å². The van der Waals surface area contributed by atoms with E-state index in [1.807, 2.05) is 27.7 Å². The molecule has 0 saturated heterocycles. The van der Waals surface area contributed by atoms with E-state index in [0.29, 0.717) is 22.3 Å². The van der Waals surface area contributed by atoms with Gasteiger partial charge in [0, 0.05) is 10.6 Å². The van der Waals surface area contributed by atoms with E-state index in [1.165, 1.54) is 22.2 Å². The largest absolute Gasteiger partial charge is 0.309 e. The highest BCUT2D eigenvalue weighted by molar-refractivity contribution is 7.99. The standard InChI is InChI=1S/C22H24N4OS2/c1-10-6-7-15-17(8-10)29-22-18(15)20(27)25-19(26-22)14(5)28-21-16(9-23)12(3)11(2)13(4)24-21/h10,14H,6-8H2,1-5H3,(H,25,26,27)/t10-,14+/m1/s1. The number of nitrogens with one attached hydrogen (secondary N) is 1. The fraction of sp³-hybridized carbons (Fsp3) is 0.455.